The maximum absolute atomic E-state index is 13.1. The normalized spacial score (nSPS) is 15.2. The molecule has 9 heteroatoms. The molecule has 2 aromatic carbocycles. The van der Waals surface area contributed by atoms with Gasteiger partial charge in [-0.2, -0.15) is 0 Å². The average molecular weight is 488 g/mol. The molecule has 3 rings (SSSR count). The van der Waals surface area contributed by atoms with Crippen LogP contribution in [-0.4, -0.2) is 57.6 Å². The molecule has 8 nitrogen and oxygen atoms in total. The predicted octanol–water partition coefficient (Wildman–Crippen LogP) is 3.89. The lowest BCUT2D eigenvalue weighted by Crippen LogP contribution is -2.35. The second kappa shape index (κ2) is 11.4. The topological polar surface area (TPSA) is 96.0 Å². The number of carbonyl (C=O) groups is 2. The number of likely N-dealkylation sites (tertiary alicyclic amines) is 1. The van der Waals surface area contributed by atoms with Crippen molar-refractivity contribution in [2.45, 2.75) is 45.1 Å². The van der Waals surface area contributed by atoms with Gasteiger partial charge in [0.1, 0.15) is 5.75 Å². The zero-order chi connectivity index (χ0) is 24.7. The highest BCUT2D eigenvalue weighted by Crippen LogP contribution is 2.23. The van der Waals surface area contributed by atoms with Gasteiger partial charge in [-0.3, -0.25) is 13.9 Å². The van der Waals surface area contributed by atoms with Gasteiger partial charge in [0, 0.05) is 20.1 Å². The molecule has 1 atom stereocenters. The molecule has 1 unspecified atom stereocenters. The van der Waals surface area contributed by atoms with Gasteiger partial charge < -0.3 is 15.0 Å². The zero-order valence-corrected chi connectivity index (χ0v) is 20.8. The molecule has 1 aliphatic heterocycles. The molecular formula is C25H33N3O5S. The third kappa shape index (κ3) is 6.50. The van der Waals surface area contributed by atoms with Crippen LogP contribution in [0.5, 0.6) is 5.75 Å². The van der Waals surface area contributed by atoms with E-state index in [4.69, 9.17) is 4.74 Å². The summed E-state index contributed by atoms with van der Waals surface area (Å²) in [5, 5.41) is 2.87. The summed E-state index contributed by atoms with van der Waals surface area (Å²) in [6.07, 6.45) is 5.01. The first-order chi connectivity index (χ1) is 16.2. The lowest BCUT2D eigenvalue weighted by molar-refractivity contribution is -0.122. The standard InChI is InChI=1S/C25H33N3O5S/c1-4-23(33-20-15-13-19(14-16-20)27(2)34(3,31)32)24(29)26-22-12-8-7-11-21(22)25(30)28-17-9-5-6-10-18-28/h7-8,11-16,23H,4-6,9-10,17-18H2,1-3H3,(H,26,29). The molecule has 0 saturated carbocycles. The van der Waals surface area contributed by atoms with E-state index in [1.54, 1.807) is 48.5 Å². The monoisotopic (exact) mass is 487 g/mol. The van der Waals surface area contributed by atoms with Crippen molar-refractivity contribution in [3.05, 3.63) is 54.1 Å². The average Bonchev–Trinajstić information content (AvgIpc) is 3.11. The Morgan fingerprint density at radius 2 is 1.65 bits per heavy atom. The second-order valence-electron chi connectivity index (χ2n) is 8.48. The maximum atomic E-state index is 13.1. The third-order valence-corrected chi connectivity index (χ3v) is 7.15. The molecule has 0 aromatic heterocycles. The van der Waals surface area contributed by atoms with Gasteiger partial charge in [0.05, 0.1) is 23.2 Å². The van der Waals surface area contributed by atoms with Crippen LogP contribution in [0.2, 0.25) is 0 Å². The van der Waals surface area contributed by atoms with Gasteiger partial charge in [-0.05, 0) is 55.7 Å². The fourth-order valence-corrected chi connectivity index (χ4v) is 4.35. The number of benzene rings is 2. The lowest BCUT2D eigenvalue weighted by atomic mass is 10.1. The van der Waals surface area contributed by atoms with Crippen LogP contribution in [0.4, 0.5) is 11.4 Å². The highest BCUT2D eigenvalue weighted by Gasteiger charge is 2.24. The van der Waals surface area contributed by atoms with Crippen molar-refractivity contribution in [1.82, 2.24) is 4.90 Å². The number of amides is 2. The number of nitrogens with zero attached hydrogens (tertiary/aromatic N) is 2. The van der Waals surface area contributed by atoms with E-state index < -0.39 is 16.1 Å². The number of anilines is 2. The van der Waals surface area contributed by atoms with Gasteiger partial charge >= 0.3 is 0 Å². The van der Waals surface area contributed by atoms with Crippen molar-refractivity contribution in [1.29, 1.82) is 0 Å². The highest BCUT2D eigenvalue weighted by atomic mass is 32.2. The Hall–Kier alpha value is -3.07. The number of ether oxygens (including phenoxy) is 1. The van der Waals surface area contributed by atoms with E-state index in [9.17, 15) is 18.0 Å². The van der Waals surface area contributed by atoms with Gasteiger partial charge in [-0.15, -0.1) is 0 Å². The highest BCUT2D eigenvalue weighted by molar-refractivity contribution is 7.92. The molecule has 184 valence electrons. The summed E-state index contributed by atoms with van der Waals surface area (Å²) in [7, 11) is -1.90. The number of hydrogen-bond acceptors (Lipinski definition) is 5. The minimum absolute atomic E-state index is 0.0719. The second-order valence-corrected chi connectivity index (χ2v) is 10.5. The SMILES string of the molecule is CCC(Oc1ccc(N(C)S(C)(=O)=O)cc1)C(=O)Nc1ccccc1C(=O)N1CCCCCC1. The van der Waals surface area contributed by atoms with Crippen LogP contribution in [0.3, 0.4) is 0 Å². The summed E-state index contributed by atoms with van der Waals surface area (Å²) in [5.41, 5.74) is 1.43. The number of rotatable bonds is 8. The van der Waals surface area contributed by atoms with E-state index in [0.29, 0.717) is 29.1 Å². The Balaban J connectivity index is 1.70. The summed E-state index contributed by atoms with van der Waals surface area (Å²) in [6, 6.07) is 13.5. The molecular weight excluding hydrogens is 454 g/mol. The van der Waals surface area contributed by atoms with Crippen LogP contribution in [0, 0.1) is 0 Å². The zero-order valence-electron chi connectivity index (χ0n) is 20.0. The quantitative estimate of drug-likeness (QED) is 0.609. The van der Waals surface area contributed by atoms with Gasteiger partial charge in [0.15, 0.2) is 6.10 Å². The summed E-state index contributed by atoms with van der Waals surface area (Å²) in [4.78, 5) is 28.0. The Morgan fingerprint density at radius 1 is 1.03 bits per heavy atom. The molecule has 1 aliphatic rings. The van der Waals surface area contributed by atoms with Crippen LogP contribution in [0.25, 0.3) is 0 Å². The first kappa shape index (κ1) is 25.6. The molecule has 0 radical (unpaired) electrons. The summed E-state index contributed by atoms with van der Waals surface area (Å²) < 4.78 is 30.5. The van der Waals surface area contributed by atoms with E-state index in [2.05, 4.69) is 5.32 Å². The van der Waals surface area contributed by atoms with Gasteiger partial charge in [0.2, 0.25) is 10.0 Å². The first-order valence-electron chi connectivity index (χ1n) is 11.6. The van der Waals surface area contributed by atoms with Gasteiger partial charge in [-0.1, -0.05) is 31.9 Å². The third-order valence-electron chi connectivity index (χ3n) is 5.95. The van der Waals surface area contributed by atoms with Gasteiger partial charge in [0.25, 0.3) is 11.8 Å². The molecule has 1 fully saturated rings. The Labute approximate surface area is 201 Å². The fraction of sp³-hybridized carbons (Fsp3) is 0.440. The van der Waals surface area contributed by atoms with Crippen molar-refractivity contribution in [2.24, 2.45) is 0 Å². The first-order valence-corrected chi connectivity index (χ1v) is 13.5. The van der Waals surface area contributed by atoms with E-state index in [1.807, 2.05) is 11.8 Å². The van der Waals surface area contributed by atoms with Crippen LogP contribution < -0.4 is 14.4 Å². The lowest BCUT2D eigenvalue weighted by Gasteiger charge is -2.23. The summed E-state index contributed by atoms with van der Waals surface area (Å²) in [6.45, 7) is 3.29. The number of sulfonamides is 1. The molecule has 0 spiro atoms. The number of nitrogens with one attached hydrogen (secondary N) is 1. The van der Waals surface area contributed by atoms with Crippen molar-refractivity contribution < 1.29 is 22.7 Å². The van der Waals surface area contributed by atoms with E-state index >= 15 is 0 Å². The molecule has 0 aliphatic carbocycles. The summed E-state index contributed by atoms with van der Waals surface area (Å²) in [5.74, 6) is 0.0230. The van der Waals surface area contributed by atoms with Crippen molar-refractivity contribution in [3.63, 3.8) is 0 Å². The predicted molar refractivity (Wildman–Crippen MR) is 134 cm³/mol. The Morgan fingerprint density at radius 3 is 2.24 bits per heavy atom. The Bertz CT molecular complexity index is 1090. The molecule has 1 heterocycles. The van der Waals surface area contributed by atoms with Crippen LogP contribution >= 0.6 is 0 Å². The van der Waals surface area contributed by atoms with Crippen LogP contribution in [0.1, 0.15) is 49.4 Å². The molecule has 1 saturated heterocycles. The minimum atomic E-state index is -3.37. The maximum Gasteiger partial charge on any atom is 0.265 e. The molecule has 2 aromatic rings. The number of hydrogen-bond donors (Lipinski definition) is 1. The van der Waals surface area contributed by atoms with E-state index in [1.165, 1.54) is 11.4 Å². The van der Waals surface area contributed by atoms with Crippen molar-refractivity contribution in [3.8, 4) is 5.75 Å². The molecule has 1 N–H and O–H groups in total. The van der Waals surface area contributed by atoms with Gasteiger partial charge in [-0.25, -0.2) is 8.42 Å². The fourth-order valence-electron chi connectivity index (χ4n) is 3.85. The van der Waals surface area contributed by atoms with Crippen molar-refractivity contribution in [2.75, 3.05) is 36.0 Å². The minimum Gasteiger partial charge on any atom is -0.481 e. The smallest absolute Gasteiger partial charge is 0.265 e. The number of carbonyl (C=O) groups excluding carboxylic acids is 2. The van der Waals surface area contributed by atoms with E-state index in [0.717, 1.165) is 45.0 Å². The Kier molecular flexibility index (Phi) is 8.55. The van der Waals surface area contributed by atoms with E-state index in [-0.39, 0.29) is 11.8 Å². The van der Waals surface area contributed by atoms with Crippen LogP contribution in [0.15, 0.2) is 48.5 Å². The number of para-hydroxylation sites is 1. The van der Waals surface area contributed by atoms with Crippen LogP contribution in [-0.2, 0) is 14.8 Å². The summed E-state index contributed by atoms with van der Waals surface area (Å²) >= 11 is 0. The largest absolute Gasteiger partial charge is 0.481 e. The molecule has 0 bridgehead atoms. The molecule has 34 heavy (non-hydrogen) atoms. The van der Waals surface area contributed by atoms with Crippen molar-refractivity contribution >= 4 is 33.2 Å². The molecule has 2 amide bonds.